The summed E-state index contributed by atoms with van der Waals surface area (Å²) in [5, 5.41) is 12.8. The van der Waals surface area contributed by atoms with Gasteiger partial charge in [-0.15, -0.1) is 0 Å². The number of hydrogen-bond donors (Lipinski definition) is 2. The molecule has 4 saturated carbocycles. The molecule has 1 unspecified atom stereocenters. The summed E-state index contributed by atoms with van der Waals surface area (Å²) < 4.78 is 0. The van der Waals surface area contributed by atoms with E-state index in [0.717, 1.165) is 24.2 Å². The summed E-state index contributed by atoms with van der Waals surface area (Å²) in [6.45, 7) is 0. The van der Waals surface area contributed by atoms with Gasteiger partial charge in [0.05, 0.1) is 0 Å². The third-order valence-corrected chi connectivity index (χ3v) is 7.09. The molecule has 26 heavy (non-hydrogen) atoms. The average molecular weight is 376 g/mol. The number of nitrogens with one attached hydrogen (secondary N) is 1. The van der Waals surface area contributed by atoms with Gasteiger partial charge in [0.1, 0.15) is 6.04 Å². The summed E-state index contributed by atoms with van der Waals surface area (Å²) >= 11 is 5.85. The molecule has 1 amide bonds. The van der Waals surface area contributed by atoms with Crippen molar-refractivity contribution in [1.29, 1.82) is 0 Å². The van der Waals surface area contributed by atoms with Gasteiger partial charge < -0.3 is 10.4 Å². The van der Waals surface area contributed by atoms with E-state index in [9.17, 15) is 14.7 Å². The molecule has 0 radical (unpaired) electrons. The molecule has 5 rings (SSSR count). The smallest absolute Gasteiger partial charge is 0.326 e. The topological polar surface area (TPSA) is 66.4 Å². The first-order valence-electron chi connectivity index (χ1n) is 9.72. The molecule has 0 aromatic heterocycles. The van der Waals surface area contributed by atoms with Crippen molar-refractivity contribution in [1.82, 2.24) is 5.32 Å². The molecule has 1 atom stereocenters. The van der Waals surface area contributed by atoms with Crippen LogP contribution in [0.15, 0.2) is 24.3 Å². The Kier molecular flexibility index (Phi) is 4.72. The number of aliphatic carboxylic acids is 1. The van der Waals surface area contributed by atoms with Crippen molar-refractivity contribution in [2.24, 2.45) is 23.2 Å². The lowest BCUT2D eigenvalue weighted by Crippen LogP contribution is -2.47. The van der Waals surface area contributed by atoms with Crippen molar-refractivity contribution in [2.45, 2.75) is 57.4 Å². The summed E-state index contributed by atoms with van der Waals surface area (Å²) in [5.74, 6) is 1.27. The van der Waals surface area contributed by atoms with Crippen LogP contribution in [-0.4, -0.2) is 23.0 Å². The molecule has 0 spiro atoms. The summed E-state index contributed by atoms with van der Waals surface area (Å²) in [6.07, 6.45) is 9.36. The van der Waals surface area contributed by atoms with Crippen molar-refractivity contribution < 1.29 is 14.7 Å². The van der Waals surface area contributed by atoms with Crippen molar-refractivity contribution in [3.63, 3.8) is 0 Å². The third kappa shape index (κ3) is 3.62. The standard InChI is InChI=1S/C21H26ClNO3/c22-17-3-1-16(2-4-17)19(24)23-18(20(25)26)5-6-21-10-13-7-14(11-21)9-15(8-13)12-21/h1-4,13-15,18H,5-12H2,(H,23,24)(H,25,26). The lowest BCUT2D eigenvalue weighted by molar-refractivity contribution is -0.140. The van der Waals surface area contributed by atoms with E-state index >= 15 is 0 Å². The maximum Gasteiger partial charge on any atom is 0.326 e. The molecule has 140 valence electrons. The molecule has 2 N–H and O–H groups in total. The number of amides is 1. The third-order valence-electron chi connectivity index (χ3n) is 6.84. The van der Waals surface area contributed by atoms with Crippen LogP contribution in [0.4, 0.5) is 0 Å². The Morgan fingerprint density at radius 1 is 1.08 bits per heavy atom. The van der Waals surface area contributed by atoms with Crippen molar-refractivity contribution in [3.8, 4) is 0 Å². The molecule has 1 aromatic rings. The quantitative estimate of drug-likeness (QED) is 0.768. The van der Waals surface area contributed by atoms with Gasteiger partial charge in [0, 0.05) is 10.6 Å². The summed E-state index contributed by atoms with van der Waals surface area (Å²) in [4.78, 5) is 24.1. The Bertz CT molecular complexity index is 664. The van der Waals surface area contributed by atoms with Crippen LogP contribution in [0.5, 0.6) is 0 Å². The Morgan fingerprint density at radius 2 is 1.62 bits per heavy atom. The molecule has 0 saturated heterocycles. The molecule has 4 fully saturated rings. The molecule has 4 aliphatic carbocycles. The SMILES string of the molecule is O=C(NC(CCC12CC3CC(CC(C3)C1)C2)C(=O)O)c1ccc(Cl)cc1. The molecule has 4 bridgehead atoms. The van der Waals surface area contributed by atoms with Crippen LogP contribution in [0.2, 0.25) is 5.02 Å². The molecule has 0 heterocycles. The van der Waals surface area contributed by atoms with Crippen LogP contribution in [0.3, 0.4) is 0 Å². The first-order chi connectivity index (χ1) is 12.4. The first-order valence-corrected chi connectivity index (χ1v) is 10.1. The minimum Gasteiger partial charge on any atom is -0.480 e. The molecule has 0 aliphatic heterocycles. The van der Waals surface area contributed by atoms with Gasteiger partial charge in [0.15, 0.2) is 0 Å². The molecular weight excluding hydrogens is 350 g/mol. The predicted molar refractivity (Wildman–Crippen MR) is 100 cm³/mol. The van der Waals surface area contributed by atoms with Crippen LogP contribution in [0.25, 0.3) is 0 Å². The second-order valence-corrected chi connectivity index (χ2v) is 9.26. The van der Waals surface area contributed by atoms with E-state index < -0.39 is 12.0 Å². The number of rotatable bonds is 6. The molecule has 4 nitrogen and oxygen atoms in total. The Hall–Kier alpha value is -1.55. The van der Waals surface area contributed by atoms with Crippen LogP contribution in [0.1, 0.15) is 61.7 Å². The normalized spacial score (nSPS) is 33.0. The van der Waals surface area contributed by atoms with E-state index in [1.807, 2.05) is 0 Å². The number of carbonyl (C=O) groups excluding carboxylic acids is 1. The Labute approximate surface area is 159 Å². The van der Waals surface area contributed by atoms with Gasteiger partial charge >= 0.3 is 5.97 Å². The largest absolute Gasteiger partial charge is 0.480 e. The van der Waals surface area contributed by atoms with Crippen molar-refractivity contribution in [2.75, 3.05) is 0 Å². The number of halogens is 1. The zero-order valence-electron chi connectivity index (χ0n) is 14.9. The van der Waals surface area contributed by atoms with Gasteiger partial charge in [-0.25, -0.2) is 4.79 Å². The van der Waals surface area contributed by atoms with E-state index in [1.165, 1.54) is 38.5 Å². The van der Waals surface area contributed by atoms with Crippen molar-refractivity contribution in [3.05, 3.63) is 34.9 Å². The first kappa shape index (κ1) is 17.8. The highest BCUT2D eigenvalue weighted by Gasteiger charge is 2.50. The molecule has 4 aliphatic rings. The van der Waals surface area contributed by atoms with Gasteiger partial charge in [-0.1, -0.05) is 11.6 Å². The highest BCUT2D eigenvalue weighted by molar-refractivity contribution is 6.30. The zero-order valence-corrected chi connectivity index (χ0v) is 15.7. The van der Waals surface area contributed by atoms with Gasteiger partial charge in [-0.05, 0) is 98.8 Å². The fourth-order valence-electron chi connectivity index (χ4n) is 6.15. The van der Waals surface area contributed by atoms with Gasteiger partial charge in [-0.3, -0.25) is 4.79 Å². The van der Waals surface area contributed by atoms with Crippen LogP contribution >= 0.6 is 11.6 Å². The van der Waals surface area contributed by atoms with Crippen LogP contribution < -0.4 is 5.32 Å². The number of carboxylic acids is 1. The maximum absolute atomic E-state index is 12.4. The van der Waals surface area contributed by atoms with Crippen LogP contribution in [-0.2, 0) is 4.79 Å². The fraction of sp³-hybridized carbons (Fsp3) is 0.619. The molecule has 1 aromatic carbocycles. The number of hydrogen-bond acceptors (Lipinski definition) is 2. The minimum atomic E-state index is -0.947. The van der Waals surface area contributed by atoms with E-state index in [-0.39, 0.29) is 5.91 Å². The van der Waals surface area contributed by atoms with E-state index in [1.54, 1.807) is 24.3 Å². The fourth-order valence-corrected chi connectivity index (χ4v) is 6.27. The van der Waals surface area contributed by atoms with E-state index in [0.29, 0.717) is 22.4 Å². The average Bonchev–Trinajstić information content (AvgIpc) is 2.57. The summed E-state index contributed by atoms with van der Waals surface area (Å²) in [6, 6.07) is 5.69. The second kappa shape index (κ2) is 6.88. The maximum atomic E-state index is 12.4. The van der Waals surface area contributed by atoms with Gasteiger partial charge in [-0.2, -0.15) is 0 Å². The zero-order chi connectivity index (χ0) is 18.3. The summed E-state index contributed by atoms with van der Waals surface area (Å²) in [5.41, 5.74) is 0.767. The Balaban J connectivity index is 1.39. The lowest BCUT2D eigenvalue weighted by Gasteiger charge is -2.57. The highest BCUT2D eigenvalue weighted by Crippen LogP contribution is 2.61. The monoisotopic (exact) mass is 375 g/mol. The van der Waals surface area contributed by atoms with Crippen LogP contribution in [0, 0.1) is 23.2 Å². The highest BCUT2D eigenvalue weighted by atomic mass is 35.5. The minimum absolute atomic E-state index is 0.327. The Morgan fingerprint density at radius 3 is 2.12 bits per heavy atom. The number of carbonyl (C=O) groups is 2. The molecular formula is C21H26ClNO3. The van der Waals surface area contributed by atoms with Gasteiger partial charge in [0.25, 0.3) is 5.91 Å². The summed E-state index contributed by atoms with van der Waals surface area (Å²) in [7, 11) is 0. The van der Waals surface area contributed by atoms with E-state index in [2.05, 4.69) is 5.32 Å². The van der Waals surface area contributed by atoms with Gasteiger partial charge in [0.2, 0.25) is 0 Å². The van der Waals surface area contributed by atoms with E-state index in [4.69, 9.17) is 11.6 Å². The number of carboxylic acid groups (broad SMARTS) is 1. The second-order valence-electron chi connectivity index (χ2n) is 8.83. The predicted octanol–water partition coefficient (Wildman–Crippen LogP) is 4.52. The molecule has 5 heteroatoms. The number of benzene rings is 1. The lowest BCUT2D eigenvalue weighted by atomic mass is 9.48. The van der Waals surface area contributed by atoms with Crippen molar-refractivity contribution >= 4 is 23.5 Å².